The molecular weight excluding hydrogens is 379 g/mol. The summed E-state index contributed by atoms with van der Waals surface area (Å²) in [7, 11) is 0. The molecule has 2 aromatic rings. The van der Waals surface area contributed by atoms with E-state index in [1.54, 1.807) is 17.0 Å². The van der Waals surface area contributed by atoms with Crippen molar-refractivity contribution in [3.8, 4) is 5.75 Å². The van der Waals surface area contributed by atoms with E-state index in [0.717, 1.165) is 27.9 Å². The molecule has 2 aromatic carbocycles. The van der Waals surface area contributed by atoms with Gasteiger partial charge in [-0.2, -0.15) is 0 Å². The number of rotatable bonds is 1. The number of amides is 1. The predicted molar refractivity (Wildman–Crippen MR) is 92.0 cm³/mol. The average molecular weight is 394 g/mol. The zero-order chi connectivity index (χ0) is 14.8. The van der Waals surface area contributed by atoms with Crippen molar-refractivity contribution >= 4 is 39.9 Å². The van der Waals surface area contributed by atoms with E-state index in [2.05, 4.69) is 5.32 Å². The minimum Gasteiger partial charge on any atom is -0.507 e. The average Bonchev–Trinajstić information content (AvgIpc) is 2.71. The highest BCUT2D eigenvalue weighted by molar-refractivity contribution is 14.1. The molecule has 1 aliphatic rings. The van der Waals surface area contributed by atoms with Crippen molar-refractivity contribution < 1.29 is 9.90 Å². The van der Waals surface area contributed by atoms with E-state index >= 15 is 0 Å². The molecule has 1 amide bonds. The monoisotopic (exact) mass is 394 g/mol. The van der Waals surface area contributed by atoms with Gasteiger partial charge in [0.15, 0.2) is 0 Å². The van der Waals surface area contributed by atoms with Crippen molar-refractivity contribution in [3.63, 3.8) is 0 Å². The summed E-state index contributed by atoms with van der Waals surface area (Å²) in [5.41, 5.74) is 2.36. The van der Waals surface area contributed by atoms with Gasteiger partial charge in [-0.15, -0.1) is 0 Å². The number of hydrogen-bond acceptors (Lipinski definition) is 3. The number of carbonyl (C=O) groups excluding carboxylic acids is 1. The molecule has 21 heavy (non-hydrogen) atoms. The second-order valence-electron chi connectivity index (χ2n) is 4.92. The molecule has 3 rings (SSSR count). The van der Waals surface area contributed by atoms with Crippen molar-refractivity contribution in [2.45, 2.75) is 6.42 Å². The minimum atomic E-state index is -0.0853. The fourth-order valence-electron chi connectivity index (χ4n) is 2.45. The molecule has 0 spiro atoms. The van der Waals surface area contributed by atoms with Crippen molar-refractivity contribution in [2.75, 3.05) is 23.3 Å². The second-order valence-corrected chi connectivity index (χ2v) is 6.08. The van der Waals surface area contributed by atoms with Gasteiger partial charge in [0.1, 0.15) is 5.75 Å². The summed E-state index contributed by atoms with van der Waals surface area (Å²) < 4.78 is 0.738. The van der Waals surface area contributed by atoms with Crippen LogP contribution in [0.3, 0.4) is 0 Å². The highest BCUT2D eigenvalue weighted by atomic mass is 127. The first-order valence-corrected chi connectivity index (χ1v) is 7.88. The Balaban J connectivity index is 1.99. The van der Waals surface area contributed by atoms with Gasteiger partial charge < -0.3 is 15.3 Å². The number of fused-ring (bicyclic) bond motifs is 1. The number of nitrogens with one attached hydrogen (secondary N) is 1. The fourth-order valence-corrected chi connectivity index (χ4v) is 2.79. The zero-order valence-electron chi connectivity index (χ0n) is 11.3. The lowest BCUT2D eigenvalue weighted by Crippen LogP contribution is -2.31. The third-order valence-electron chi connectivity index (χ3n) is 3.51. The first kappa shape index (κ1) is 14.2. The number of anilines is 2. The summed E-state index contributed by atoms with van der Waals surface area (Å²) >= 11 is 2.04. The van der Waals surface area contributed by atoms with Crippen LogP contribution in [0.5, 0.6) is 5.75 Å². The Morgan fingerprint density at radius 2 is 2.05 bits per heavy atom. The van der Waals surface area contributed by atoms with Gasteiger partial charge >= 0.3 is 0 Å². The quantitative estimate of drug-likeness (QED) is 0.729. The zero-order valence-corrected chi connectivity index (χ0v) is 13.5. The smallest absolute Gasteiger partial charge is 0.258 e. The number of nitrogens with zero attached hydrogens (tertiary/aromatic N) is 1. The summed E-state index contributed by atoms with van der Waals surface area (Å²) in [5, 5.41) is 13.1. The van der Waals surface area contributed by atoms with E-state index in [4.69, 9.17) is 0 Å². The van der Waals surface area contributed by atoms with Crippen LogP contribution in [0, 0.1) is 3.57 Å². The molecule has 1 aliphatic heterocycles. The van der Waals surface area contributed by atoms with Crippen LogP contribution in [0.15, 0.2) is 42.5 Å². The number of benzene rings is 2. The summed E-state index contributed by atoms with van der Waals surface area (Å²) in [6.45, 7) is 1.51. The maximum absolute atomic E-state index is 12.8. The molecule has 5 heteroatoms. The van der Waals surface area contributed by atoms with Gasteiger partial charge in [-0.3, -0.25) is 4.79 Å². The molecule has 2 N–H and O–H groups in total. The third kappa shape index (κ3) is 2.83. The largest absolute Gasteiger partial charge is 0.507 e. The van der Waals surface area contributed by atoms with E-state index in [1.807, 2.05) is 46.9 Å². The number of phenolic OH excluding ortho intramolecular Hbond substituents is 1. The first-order valence-electron chi connectivity index (χ1n) is 6.80. The highest BCUT2D eigenvalue weighted by Crippen LogP contribution is 2.30. The molecule has 4 nitrogen and oxygen atoms in total. The number of carbonyl (C=O) groups is 1. The summed E-state index contributed by atoms with van der Waals surface area (Å²) in [5.74, 6) is 0.0560. The van der Waals surface area contributed by atoms with E-state index in [-0.39, 0.29) is 11.7 Å². The van der Waals surface area contributed by atoms with E-state index in [9.17, 15) is 9.90 Å². The highest BCUT2D eigenvalue weighted by Gasteiger charge is 2.22. The molecule has 0 aromatic heterocycles. The van der Waals surface area contributed by atoms with Crippen LogP contribution in [0.2, 0.25) is 0 Å². The molecule has 0 unspecified atom stereocenters. The van der Waals surface area contributed by atoms with Crippen LogP contribution in [0.25, 0.3) is 0 Å². The minimum absolute atomic E-state index is 0.0853. The fraction of sp³-hybridized carbons (Fsp3) is 0.188. The first-order chi connectivity index (χ1) is 10.2. The van der Waals surface area contributed by atoms with Gasteiger partial charge in [0, 0.05) is 18.7 Å². The van der Waals surface area contributed by atoms with Crippen molar-refractivity contribution in [2.24, 2.45) is 0 Å². The van der Waals surface area contributed by atoms with Crippen molar-refractivity contribution in [1.82, 2.24) is 0 Å². The summed E-state index contributed by atoms with van der Waals surface area (Å²) in [6.07, 6.45) is 0.886. The summed E-state index contributed by atoms with van der Waals surface area (Å²) in [6, 6.07) is 12.8. The van der Waals surface area contributed by atoms with E-state index in [0.29, 0.717) is 12.1 Å². The lowest BCUT2D eigenvalue weighted by molar-refractivity contribution is 0.0987. The normalized spacial score (nSPS) is 14.0. The van der Waals surface area contributed by atoms with Crippen LogP contribution in [-0.2, 0) is 0 Å². The van der Waals surface area contributed by atoms with E-state index < -0.39 is 0 Å². The number of halogens is 1. The van der Waals surface area contributed by atoms with Crippen LogP contribution < -0.4 is 10.2 Å². The number of phenols is 1. The van der Waals surface area contributed by atoms with Crippen LogP contribution >= 0.6 is 22.6 Å². The molecule has 0 bridgehead atoms. The van der Waals surface area contributed by atoms with Gasteiger partial charge in [-0.05, 0) is 59.3 Å². The predicted octanol–water partition coefficient (Wildman–Crippen LogP) is 3.46. The van der Waals surface area contributed by atoms with E-state index in [1.165, 1.54) is 6.07 Å². The number of para-hydroxylation sites is 2. The Kier molecular flexibility index (Phi) is 4.01. The van der Waals surface area contributed by atoms with Crippen molar-refractivity contribution in [3.05, 3.63) is 51.6 Å². The molecule has 0 aliphatic carbocycles. The molecule has 0 radical (unpaired) electrons. The molecule has 108 valence electrons. The lowest BCUT2D eigenvalue weighted by atomic mass is 10.1. The number of hydrogen-bond donors (Lipinski definition) is 2. The Morgan fingerprint density at radius 1 is 1.24 bits per heavy atom. The molecular formula is C16H15IN2O2. The van der Waals surface area contributed by atoms with Crippen LogP contribution in [-0.4, -0.2) is 24.1 Å². The standard InChI is InChI=1S/C16H15IN2O2/c17-12-7-6-11(10-15(12)20)16(21)19-9-3-8-18-13-4-1-2-5-14(13)19/h1-2,4-7,10,18,20H,3,8-9H2. The molecule has 1 heterocycles. The molecule has 0 saturated carbocycles. The Bertz CT molecular complexity index is 688. The van der Waals surface area contributed by atoms with Gasteiger partial charge in [-0.25, -0.2) is 0 Å². The van der Waals surface area contributed by atoms with Gasteiger partial charge in [-0.1, -0.05) is 12.1 Å². The summed E-state index contributed by atoms with van der Waals surface area (Å²) in [4.78, 5) is 14.5. The van der Waals surface area contributed by atoms with Gasteiger partial charge in [0.2, 0.25) is 0 Å². The van der Waals surface area contributed by atoms with Crippen LogP contribution in [0.1, 0.15) is 16.8 Å². The Labute approximate surface area is 136 Å². The lowest BCUT2D eigenvalue weighted by Gasteiger charge is -2.22. The SMILES string of the molecule is O=C(c1ccc(I)c(O)c1)N1CCCNc2ccccc21. The van der Waals surface area contributed by atoms with Gasteiger partial charge in [0.05, 0.1) is 14.9 Å². The van der Waals surface area contributed by atoms with Crippen LogP contribution in [0.4, 0.5) is 11.4 Å². The molecule has 0 atom stereocenters. The van der Waals surface area contributed by atoms with Gasteiger partial charge in [0.25, 0.3) is 5.91 Å². The maximum atomic E-state index is 12.8. The Hall–Kier alpha value is -1.76. The number of aromatic hydroxyl groups is 1. The molecule has 0 fully saturated rings. The Morgan fingerprint density at radius 3 is 2.86 bits per heavy atom. The second kappa shape index (κ2) is 5.93. The van der Waals surface area contributed by atoms with Crippen molar-refractivity contribution in [1.29, 1.82) is 0 Å². The third-order valence-corrected chi connectivity index (χ3v) is 4.42. The maximum Gasteiger partial charge on any atom is 0.258 e. The topological polar surface area (TPSA) is 52.6 Å². The molecule has 0 saturated heterocycles.